The maximum Gasteiger partial charge on any atom is 0.317 e. The summed E-state index contributed by atoms with van der Waals surface area (Å²) in [7, 11) is 0. The number of carbonyl (C=O) groups excluding carboxylic acids is 1. The van der Waals surface area contributed by atoms with Crippen LogP contribution in [0.5, 0.6) is 0 Å². The molecule has 1 aromatic heterocycles. The third-order valence-corrected chi connectivity index (χ3v) is 4.10. The van der Waals surface area contributed by atoms with E-state index in [0.717, 1.165) is 45.6 Å². The largest absolute Gasteiger partial charge is 0.376 e. The van der Waals surface area contributed by atoms with Gasteiger partial charge in [0.05, 0.1) is 6.10 Å². The predicted molar refractivity (Wildman–Crippen MR) is 80.4 cm³/mol. The van der Waals surface area contributed by atoms with Gasteiger partial charge in [0.25, 0.3) is 0 Å². The van der Waals surface area contributed by atoms with Gasteiger partial charge in [0.15, 0.2) is 0 Å². The van der Waals surface area contributed by atoms with Gasteiger partial charge in [-0.3, -0.25) is 4.98 Å². The van der Waals surface area contributed by atoms with Crippen molar-refractivity contribution in [1.29, 1.82) is 0 Å². The summed E-state index contributed by atoms with van der Waals surface area (Å²) in [6.45, 7) is 4.67. The highest BCUT2D eigenvalue weighted by molar-refractivity contribution is 5.74. The van der Waals surface area contributed by atoms with Crippen molar-refractivity contribution in [3.63, 3.8) is 0 Å². The third kappa shape index (κ3) is 3.64. The van der Waals surface area contributed by atoms with E-state index in [1.165, 1.54) is 5.69 Å². The van der Waals surface area contributed by atoms with Crippen molar-refractivity contribution >= 4 is 11.7 Å². The normalized spacial score (nSPS) is 22.4. The lowest BCUT2D eigenvalue weighted by molar-refractivity contribution is 0.108. The van der Waals surface area contributed by atoms with Crippen LogP contribution in [-0.2, 0) is 4.74 Å². The Hall–Kier alpha value is -1.82. The van der Waals surface area contributed by atoms with Crippen molar-refractivity contribution in [2.24, 2.45) is 0 Å². The predicted octanol–water partition coefficient (Wildman–Crippen LogP) is 1.09. The van der Waals surface area contributed by atoms with Gasteiger partial charge in [0, 0.05) is 57.4 Å². The van der Waals surface area contributed by atoms with E-state index in [1.807, 2.05) is 17.0 Å². The first-order valence-corrected chi connectivity index (χ1v) is 7.62. The minimum absolute atomic E-state index is 0.0277. The van der Waals surface area contributed by atoms with Gasteiger partial charge in [-0.25, -0.2) is 4.79 Å². The molecule has 2 saturated heterocycles. The van der Waals surface area contributed by atoms with Crippen LogP contribution in [0.15, 0.2) is 24.5 Å². The Labute approximate surface area is 125 Å². The lowest BCUT2D eigenvalue weighted by Gasteiger charge is -2.36. The summed E-state index contributed by atoms with van der Waals surface area (Å²) in [6.07, 6.45) is 5.96. The molecule has 0 bridgehead atoms. The Kier molecular flexibility index (Phi) is 4.55. The quantitative estimate of drug-likeness (QED) is 0.905. The highest BCUT2D eigenvalue weighted by atomic mass is 16.5. The molecule has 21 heavy (non-hydrogen) atoms. The van der Waals surface area contributed by atoms with Crippen molar-refractivity contribution in [3.8, 4) is 0 Å². The standard InChI is InChI=1S/C15H22N4O2/c20-15(17-12-14-2-1-11-21-14)19-9-7-18(8-10-19)13-3-5-16-6-4-13/h3-6,14H,1-2,7-12H2,(H,17,20). The van der Waals surface area contributed by atoms with Crippen LogP contribution in [0.2, 0.25) is 0 Å². The number of piperazine rings is 1. The van der Waals surface area contributed by atoms with Gasteiger partial charge < -0.3 is 19.9 Å². The topological polar surface area (TPSA) is 57.7 Å². The summed E-state index contributed by atoms with van der Waals surface area (Å²) < 4.78 is 5.52. The van der Waals surface area contributed by atoms with Crippen LogP contribution in [0, 0.1) is 0 Å². The molecule has 3 rings (SSSR count). The monoisotopic (exact) mass is 290 g/mol. The number of nitrogens with one attached hydrogen (secondary N) is 1. The second-order valence-electron chi connectivity index (χ2n) is 5.50. The number of amides is 2. The SMILES string of the molecule is O=C(NCC1CCCO1)N1CCN(c2ccncc2)CC1. The van der Waals surface area contributed by atoms with Gasteiger partial charge in [0.1, 0.15) is 0 Å². The van der Waals surface area contributed by atoms with Gasteiger partial charge in [0.2, 0.25) is 0 Å². The van der Waals surface area contributed by atoms with Gasteiger partial charge in [-0.2, -0.15) is 0 Å². The van der Waals surface area contributed by atoms with E-state index in [9.17, 15) is 4.79 Å². The molecule has 3 heterocycles. The lowest BCUT2D eigenvalue weighted by atomic mass is 10.2. The van der Waals surface area contributed by atoms with E-state index in [4.69, 9.17) is 4.74 Å². The molecule has 1 unspecified atom stereocenters. The Morgan fingerprint density at radius 2 is 2.05 bits per heavy atom. The van der Waals surface area contributed by atoms with Crippen LogP contribution >= 0.6 is 0 Å². The summed E-state index contributed by atoms with van der Waals surface area (Å²) in [4.78, 5) is 20.3. The first-order chi connectivity index (χ1) is 10.3. The number of carbonyl (C=O) groups is 1. The van der Waals surface area contributed by atoms with Crippen molar-refractivity contribution in [2.45, 2.75) is 18.9 Å². The van der Waals surface area contributed by atoms with Crippen LogP contribution in [0.4, 0.5) is 10.5 Å². The van der Waals surface area contributed by atoms with E-state index in [-0.39, 0.29) is 12.1 Å². The second-order valence-corrected chi connectivity index (χ2v) is 5.50. The van der Waals surface area contributed by atoms with Gasteiger partial charge in [-0.15, -0.1) is 0 Å². The van der Waals surface area contributed by atoms with Crippen molar-refractivity contribution in [2.75, 3.05) is 44.2 Å². The zero-order valence-electron chi connectivity index (χ0n) is 12.2. The Bertz CT molecular complexity index is 454. The van der Waals surface area contributed by atoms with E-state index in [2.05, 4.69) is 15.2 Å². The fourth-order valence-corrected chi connectivity index (χ4v) is 2.84. The lowest BCUT2D eigenvalue weighted by Crippen LogP contribution is -2.52. The van der Waals surface area contributed by atoms with Gasteiger partial charge in [-0.1, -0.05) is 0 Å². The molecule has 2 aliphatic rings. The molecular formula is C15H22N4O2. The maximum atomic E-state index is 12.1. The average Bonchev–Trinajstić information content (AvgIpc) is 3.07. The Morgan fingerprint density at radius 1 is 1.29 bits per heavy atom. The molecule has 2 fully saturated rings. The van der Waals surface area contributed by atoms with Crippen LogP contribution in [-0.4, -0.2) is 61.3 Å². The highest BCUT2D eigenvalue weighted by Gasteiger charge is 2.22. The fraction of sp³-hybridized carbons (Fsp3) is 0.600. The molecule has 6 nitrogen and oxygen atoms in total. The van der Waals surface area contributed by atoms with Crippen LogP contribution < -0.4 is 10.2 Å². The molecule has 0 radical (unpaired) electrons. The molecule has 0 spiro atoms. The number of ether oxygens (including phenoxy) is 1. The number of nitrogens with zero attached hydrogens (tertiary/aromatic N) is 3. The van der Waals surface area contributed by atoms with Gasteiger partial charge in [-0.05, 0) is 25.0 Å². The zero-order valence-corrected chi connectivity index (χ0v) is 12.2. The third-order valence-electron chi connectivity index (χ3n) is 4.10. The van der Waals surface area contributed by atoms with Gasteiger partial charge >= 0.3 is 6.03 Å². The average molecular weight is 290 g/mol. The number of aromatic nitrogens is 1. The number of hydrogen-bond donors (Lipinski definition) is 1. The molecule has 1 atom stereocenters. The Morgan fingerprint density at radius 3 is 2.71 bits per heavy atom. The van der Waals surface area contributed by atoms with E-state index in [1.54, 1.807) is 12.4 Å². The molecule has 0 saturated carbocycles. The summed E-state index contributed by atoms with van der Waals surface area (Å²) in [5.41, 5.74) is 1.17. The number of anilines is 1. The van der Waals surface area contributed by atoms with Crippen LogP contribution in [0.1, 0.15) is 12.8 Å². The molecule has 0 aromatic carbocycles. The van der Waals surface area contributed by atoms with Crippen molar-refractivity contribution in [3.05, 3.63) is 24.5 Å². The van der Waals surface area contributed by atoms with Crippen molar-refractivity contribution in [1.82, 2.24) is 15.2 Å². The number of hydrogen-bond acceptors (Lipinski definition) is 4. The van der Waals surface area contributed by atoms with E-state index >= 15 is 0 Å². The Balaban J connectivity index is 1.43. The summed E-state index contributed by atoms with van der Waals surface area (Å²) in [6, 6.07) is 4.04. The van der Waals surface area contributed by atoms with Crippen LogP contribution in [0.25, 0.3) is 0 Å². The number of pyridine rings is 1. The molecule has 0 aliphatic carbocycles. The fourth-order valence-electron chi connectivity index (χ4n) is 2.84. The minimum Gasteiger partial charge on any atom is -0.376 e. The molecule has 2 aliphatic heterocycles. The highest BCUT2D eigenvalue weighted by Crippen LogP contribution is 2.15. The van der Waals surface area contributed by atoms with Crippen molar-refractivity contribution < 1.29 is 9.53 Å². The van der Waals surface area contributed by atoms with Crippen LogP contribution in [0.3, 0.4) is 0 Å². The second kappa shape index (κ2) is 6.76. The summed E-state index contributed by atoms with van der Waals surface area (Å²) >= 11 is 0. The molecule has 1 aromatic rings. The smallest absolute Gasteiger partial charge is 0.317 e. The number of urea groups is 1. The zero-order chi connectivity index (χ0) is 14.5. The minimum atomic E-state index is 0.0277. The molecule has 114 valence electrons. The summed E-state index contributed by atoms with van der Waals surface area (Å²) in [5.74, 6) is 0. The first-order valence-electron chi connectivity index (χ1n) is 7.62. The van der Waals surface area contributed by atoms with E-state index < -0.39 is 0 Å². The molecule has 2 amide bonds. The molecule has 1 N–H and O–H groups in total. The number of rotatable bonds is 3. The first kappa shape index (κ1) is 14.1. The maximum absolute atomic E-state index is 12.1. The summed E-state index contributed by atoms with van der Waals surface area (Å²) in [5, 5.41) is 2.98. The molecular weight excluding hydrogens is 268 g/mol. The molecule has 6 heteroatoms. The van der Waals surface area contributed by atoms with E-state index in [0.29, 0.717) is 6.54 Å².